The molecule has 0 aromatic carbocycles. The number of thiophene rings is 1. The second kappa shape index (κ2) is 5.06. The molecule has 0 unspecified atom stereocenters. The third-order valence-corrected chi connectivity index (χ3v) is 4.19. The summed E-state index contributed by atoms with van der Waals surface area (Å²) in [5.74, 6) is 0.450. The number of hydrogen-bond donors (Lipinski definition) is 2. The second-order valence-electron chi connectivity index (χ2n) is 4.42. The van der Waals surface area contributed by atoms with Gasteiger partial charge in [-0.15, -0.1) is 11.3 Å². The lowest BCUT2D eigenvalue weighted by Gasteiger charge is -2.27. The molecule has 1 aliphatic carbocycles. The standard InChI is InChI=1S/C12H17NO3S/c1-16-9-4-7-17-10(9)11(15)13-12(8-14)5-2-3-6-12/h4,7,14H,2-3,5-6,8H2,1H3,(H,13,15). The van der Waals surface area contributed by atoms with Gasteiger partial charge in [-0.1, -0.05) is 12.8 Å². The number of aliphatic hydroxyl groups is 1. The monoisotopic (exact) mass is 255 g/mol. The van der Waals surface area contributed by atoms with Crippen molar-refractivity contribution in [2.45, 2.75) is 31.2 Å². The van der Waals surface area contributed by atoms with E-state index in [-0.39, 0.29) is 12.5 Å². The van der Waals surface area contributed by atoms with E-state index in [0.717, 1.165) is 25.7 Å². The third kappa shape index (κ3) is 2.45. The van der Waals surface area contributed by atoms with Gasteiger partial charge in [0.05, 0.1) is 19.3 Å². The largest absolute Gasteiger partial charge is 0.495 e. The maximum atomic E-state index is 12.1. The minimum atomic E-state index is -0.425. The van der Waals surface area contributed by atoms with Crippen LogP contribution in [0.5, 0.6) is 5.75 Å². The van der Waals surface area contributed by atoms with Crippen molar-refractivity contribution in [3.63, 3.8) is 0 Å². The fraction of sp³-hybridized carbons (Fsp3) is 0.583. The molecule has 5 heteroatoms. The quantitative estimate of drug-likeness (QED) is 0.862. The summed E-state index contributed by atoms with van der Waals surface area (Å²) in [7, 11) is 1.55. The number of amides is 1. The Balaban J connectivity index is 2.11. The zero-order valence-corrected chi connectivity index (χ0v) is 10.7. The van der Waals surface area contributed by atoms with Crippen molar-refractivity contribution in [2.24, 2.45) is 0 Å². The molecule has 1 fully saturated rings. The molecule has 1 saturated carbocycles. The van der Waals surface area contributed by atoms with Crippen LogP contribution in [0, 0.1) is 0 Å². The fourth-order valence-electron chi connectivity index (χ4n) is 2.30. The van der Waals surface area contributed by atoms with Gasteiger partial charge in [-0.2, -0.15) is 0 Å². The Hall–Kier alpha value is -1.07. The molecule has 0 saturated heterocycles. The van der Waals surface area contributed by atoms with Crippen molar-refractivity contribution in [3.8, 4) is 5.75 Å². The average molecular weight is 255 g/mol. The minimum absolute atomic E-state index is 0.00638. The van der Waals surface area contributed by atoms with Gasteiger partial charge in [-0.25, -0.2) is 0 Å². The second-order valence-corrected chi connectivity index (χ2v) is 5.33. The van der Waals surface area contributed by atoms with Crippen LogP contribution in [-0.2, 0) is 0 Å². The SMILES string of the molecule is COc1ccsc1C(=O)NC1(CO)CCCC1. The van der Waals surface area contributed by atoms with Crippen LogP contribution >= 0.6 is 11.3 Å². The molecule has 0 spiro atoms. The summed E-state index contributed by atoms with van der Waals surface area (Å²) in [4.78, 5) is 12.7. The van der Waals surface area contributed by atoms with E-state index in [0.29, 0.717) is 10.6 Å². The van der Waals surface area contributed by atoms with Gasteiger partial charge in [-0.05, 0) is 24.3 Å². The summed E-state index contributed by atoms with van der Waals surface area (Å²) in [6.45, 7) is 0.00638. The molecule has 1 aromatic heterocycles. The molecular weight excluding hydrogens is 238 g/mol. The zero-order chi connectivity index (χ0) is 12.3. The van der Waals surface area contributed by atoms with E-state index in [1.54, 1.807) is 13.2 Å². The van der Waals surface area contributed by atoms with Gasteiger partial charge in [0.1, 0.15) is 10.6 Å². The van der Waals surface area contributed by atoms with Gasteiger partial charge in [-0.3, -0.25) is 4.79 Å². The maximum Gasteiger partial charge on any atom is 0.265 e. The third-order valence-electron chi connectivity index (χ3n) is 3.30. The van der Waals surface area contributed by atoms with Crippen LogP contribution in [0.15, 0.2) is 11.4 Å². The number of hydrogen-bond acceptors (Lipinski definition) is 4. The van der Waals surface area contributed by atoms with Crippen LogP contribution in [0.4, 0.5) is 0 Å². The molecule has 0 atom stereocenters. The Morgan fingerprint density at radius 3 is 2.88 bits per heavy atom. The van der Waals surface area contributed by atoms with E-state index in [9.17, 15) is 9.90 Å². The van der Waals surface area contributed by atoms with E-state index in [1.165, 1.54) is 11.3 Å². The van der Waals surface area contributed by atoms with E-state index in [2.05, 4.69) is 5.32 Å². The molecular formula is C12H17NO3S. The first-order valence-corrected chi connectivity index (χ1v) is 6.63. The van der Waals surface area contributed by atoms with Crippen molar-refractivity contribution in [1.82, 2.24) is 5.32 Å². The first-order chi connectivity index (χ1) is 8.21. The van der Waals surface area contributed by atoms with Crippen LogP contribution in [-0.4, -0.2) is 30.3 Å². The van der Waals surface area contributed by atoms with Crippen molar-refractivity contribution >= 4 is 17.2 Å². The van der Waals surface area contributed by atoms with E-state index >= 15 is 0 Å². The lowest BCUT2D eigenvalue weighted by molar-refractivity contribution is 0.0840. The first-order valence-electron chi connectivity index (χ1n) is 5.76. The highest BCUT2D eigenvalue weighted by Gasteiger charge is 2.35. The normalized spacial score (nSPS) is 18.0. The first kappa shape index (κ1) is 12.4. The van der Waals surface area contributed by atoms with Gasteiger partial charge < -0.3 is 15.2 Å². The van der Waals surface area contributed by atoms with Gasteiger partial charge in [0.25, 0.3) is 5.91 Å². The number of methoxy groups -OCH3 is 1. The molecule has 0 aliphatic heterocycles. The molecule has 2 rings (SSSR count). The Bertz CT molecular complexity index is 396. The van der Waals surface area contributed by atoms with Crippen molar-refractivity contribution in [2.75, 3.05) is 13.7 Å². The van der Waals surface area contributed by atoms with Crippen LogP contribution < -0.4 is 10.1 Å². The number of carbonyl (C=O) groups excluding carboxylic acids is 1. The van der Waals surface area contributed by atoms with Crippen molar-refractivity contribution < 1.29 is 14.6 Å². The molecule has 17 heavy (non-hydrogen) atoms. The van der Waals surface area contributed by atoms with Gasteiger partial charge in [0.15, 0.2) is 0 Å². The van der Waals surface area contributed by atoms with Gasteiger partial charge in [0, 0.05) is 0 Å². The molecule has 1 aromatic rings. The number of rotatable bonds is 4. The number of nitrogens with one attached hydrogen (secondary N) is 1. The van der Waals surface area contributed by atoms with Crippen LogP contribution in [0.3, 0.4) is 0 Å². The summed E-state index contributed by atoms with van der Waals surface area (Å²) in [5, 5.41) is 14.2. The van der Waals surface area contributed by atoms with Crippen molar-refractivity contribution in [3.05, 3.63) is 16.3 Å². The lowest BCUT2D eigenvalue weighted by Crippen LogP contribution is -2.49. The highest BCUT2D eigenvalue weighted by atomic mass is 32.1. The smallest absolute Gasteiger partial charge is 0.265 e. The fourth-order valence-corrected chi connectivity index (χ4v) is 3.05. The number of aliphatic hydroxyl groups excluding tert-OH is 1. The van der Waals surface area contributed by atoms with Crippen LogP contribution in [0.25, 0.3) is 0 Å². The Morgan fingerprint density at radius 1 is 1.59 bits per heavy atom. The molecule has 1 heterocycles. The number of ether oxygens (including phenoxy) is 1. The van der Waals surface area contributed by atoms with Crippen molar-refractivity contribution in [1.29, 1.82) is 0 Å². The Labute approximate surface area is 105 Å². The summed E-state index contributed by atoms with van der Waals surface area (Å²) in [6.07, 6.45) is 3.82. The molecule has 0 radical (unpaired) electrons. The molecule has 94 valence electrons. The molecule has 0 bridgehead atoms. The van der Waals surface area contributed by atoms with E-state index in [1.807, 2.05) is 5.38 Å². The lowest BCUT2D eigenvalue weighted by atomic mass is 9.99. The molecule has 2 N–H and O–H groups in total. The average Bonchev–Trinajstić information content (AvgIpc) is 2.97. The summed E-state index contributed by atoms with van der Waals surface area (Å²) >= 11 is 1.36. The molecule has 4 nitrogen and oxygen atoms in total. The minimum Gasteiger partial charge on any atom is -0.495 e. The van der Waals surface area contributed by atoms with Gasteiger partial charge in [0.2, 0.25) is 0 Å². The van der Waals surface area contributed by atoms with Crippen LogP contribution in [0.1, 0.15) is 35.4 Å². The highest BCUT2D eigenvalue weighted by molar-refractivity contribution is 7.12. The summed E-state index contributed by atoms with van der Waals surface area (Å²) < 4.78 is 5.12. The Kier molecular flexibility index (Phi) is 3.69. The predicted octanol–water partition coefficient (Wildman–Crippen LogP) is 1.79. The van der Waals surface area contributed by atoms with Crippen LogP contribution in [0.2, 0.25) is 0 Å². The van der Waals surface area contributed by atoms with E-state index < -0.39 is 5.54 Å². The van der Waals surface area contributed by atoms with E-state index in [4.69, 9.17) is 4.74 Å². The van der Waals surface area contributed by atoms with Gasteiger partial charge >= 0.3 is 0 Å². The highest BCUT2D eigenvalue weighted by Crippen LogP contribution is 2.31. The summed E-state index contributed by atoms with van der Waals surface area (Å²) in [6, 6.07) is 1.78. The zero-order valence-electron chi connectivity index (χ0n) is 9.86. The topological polar surface area (TPSA) is 58.6 Å². The predicted molar refractivity (Wildman–Crippen MR) is 66.6 cm³/mol. The molecule has 1 aliphatic rings. The number of carbonyl (C=O) groups is 1. The molecule has 1 amide bonds. The summed E-state index contributed by atoms with van der Waals surface area (Å²) in [5.41, 5.74) is -0.425. The maximum absolute atomic E-state index is 12.1. The Morgan fingerprint density at radius 2 is 2.29 bits per heavy atom.